The van der Waals surface area contributed by atoms with Crippen molar-refractivity contribution in [1.82, 2.24) is 10.2 Å². The number of rotatable bonds is 0. The van der Waals surface area contributed by atoms with Crippen molar-refractivity contribution in [2.75, 3.05) is 19.6 Å². The number of hydrogen-bond donors (Lipinski definition) is 1. The quantitative estimate of drug-likeness (QED) is 0.531. The van der Waals surface area contributed by atoms with Gasteiger partial charge in [0.25, 0.3) is 0 Å². The maximum atomic E-state index is 11.3. The van der Waals surface area contributed by atoms with E-state index >= 15 is 0 Å². The van der Waals surface area contributed by atoms with Crippen molar-refractivity contribution in [3.8, 4) is 0 Å². The molecule has 11 heavy (non-hydrogen) atoms. The Morgan fingerprint density at radius 2 is 2.18 bits per heavy atom. The van der Waals surface area contributed by atoms with Gasteiger partial charge >= 0.3 is 0 Å². The molecule has 3 nitrogen and oxygen atoms in total. The van der Waals surface area contributed by atoms with Crippen LogP contribution in [-0.4, -0.2) is 36.5 Å². The van der Waals surface area contributed by atoms with E-state index in [1.165, 1.54) is 6.42 Å². The SMILES string of the molecule is O=C1NCCCN2CCCC12. The maximum absolute atomic E-state index is 11.3. The van der Waals surface area contributed by atoms with Gasteiger partial charge in [0.15, 0.2) is 0 Å². The van der Waals surface area contributed by atoms with Gasteiger partial charge in [-0.1, -0.05) is 0 Å². The molecule has 0 aromatic rings. The lowest BCUT2D eigenvalue weighted by Gasteiger charge is -2.18. The van der Waals surface area contributed by atoms with Crippen molar-refractivity contribution in [2.24, 2.45) is 0 Å². The van der Waals surface area contributed by atoms with Crippen LogP contribution in [0.15, 0.2) is 0 Å². The van der Waals surface area contributed by atoms with Gasteiger partial charge in [0.05, 0.1) is 6.04 Å². The van der Waals surface area contributed by atoms with Crippen molar-refractivity contribution in [1.29, 1.82) is 0 Å². The molecule has 2 aliphatic heterocycles. The highest BCUT2D eigenvalue weighted by molar-refractivity contribution is 5.82. The zero-order chi connectivity index (χ0) is 7.68. The van der Waals surface area contributed by atoms with Crippen LogP contribution in [0.4, 0.5) is 0 Å². The summed E-state index contributed by atoms with van der Waals surface area (Å²) in [5.41, 5.74) is 0. The third-order valence-corrected chi connectivity index (χ3v) is 2.59. The molecule has 1 atom stereocenters. The summed E-state index contributed by atoms with van der Waals surface area (Å²) in [7, 11) is 0. The van der Waals surface area contributed by atoms with Gasteiger partial charge in [0.1, 0.15) is 0 Å². The second-order valence-electron chi connectivity index (χ2n) is 3.34. The van der Waals surface area contributed by atoms with E-state index in [2.05, 4.69) is 10.2 Å². The second-order valence-corrected chi connectivity index (χ2v) is 3.34. The van der Waals surface area contributed by atoms with Gasteiger partial charge in [-0.25, -0.2) is 0 Å². The molecule has 0 bridgehead atoms. The summed E-state index contributed by atoms with van der Waals surface area (Å²) in [5, 5.41) is 2.94. The molecule has 0 saturated carbocycles. The number of carbonyl (C=O) groups is 1. The molecule has 3 heteroatoms. The van der Waals surface area contributed by atoms with E-state index in [1.807, 2.05) is 0 Å². The van der Waals surface area contributed by atoms with Gasteiger partial charge in [-0.3, -0.25) is 9.69 Å². The molecule has 62 valence electrons. The van der Waals surface area contributed by atoms with Crippen LogP contribution in [0.3, 0.4) is 0 Å². The molecule has 1 amide bonds. The van der Waals surface area contributed by atoms with Gasteiger partial charge in [-0.2, -0.15) is 0 Å². The van der Waals surface area contributed by atoms with Gasteiger partial charge in [0.2, 0.25) is 5.91 Å². The first-order valence-corrected chi connectivity index (χ1v) is 4.40. The lowest BCUT2D eigenvalue weighted by atomic mass is 10.2. The van der Waals surface area contributed by atoms with Crippen LogP contribution in [0.2, 0.25) is 0 Å². The van der Waals surface area contributed by atoms with Crippen LogP contribution in [0.5, 0.6) is 0 Å². The van der Waals surface area contributed by atoms with Crippen LogP contribution >= 0.6 is 0 Å². The molecule has 0 radical (unpaired) electrons. The lowest BCUT2D eigenvalue weighted by molar-refractivity contribution is -0.124. The fraction of sp³-hybridized carbons (Fsp3) is 0.875. The Kier molecular flexibility index (Phi) is 1.82. The molecule has 2 aliphatic rings. The molecule has 1 N–H and O–H groups in total. The third-order valence-electron chi connectivity index (χ3n) is 2.59. The number of fused-ring (bicyclic) bond motifs is 1. The highest BCUT2D eigenvalue weighted by atomic mass is 16.2. The summed E-state index contributed by atoms with van der Waals surface area (Å²) in [6.07, 6.45) is 3.37. The van der Waals surface area contributed by atoms with E-state index in [4.69, 9.17) is 0 Å². The summed E-state index contributed by atoms with van der Waals surface area (Å²) in [5.74, 6) is 0.250. The Bertz CT molecular complexity index is 169. The minimum absolute atomic E-state index is 0.206. The summed E-state index contributed by atoms with van der Waals surface area (Å²) >= 11 is 0. The molecule has 0 aromatic heterocycles. The molecule has 0 aliphatic carbocycles. The van der Waals surface area contributed by atoms with Crippen LogP contribution in [0.25, 0.3) is 0 Å². The highest BCUT2D eigenvalue weighted by Gasteiger charge is 2.31. The smallest absolute Gasteiger partial charge is 0.237 e. The topological polar surface area (TPSA) is 32.3 Å². The van der Waals surface area contributed by atoms with E-state index in [-0.39, 0.29) is 11.9 Å². The molecule has 2 saturated heterocycles. The van der Waals surface area contributed by atoms with E-state index in [0.717, 1.165) is 32.5 Å². The average Bonchev–Trinajstić information content (AvgIpc) is 2.40. The number of carbonyl (C=O) groups excluding carboxylic acids is 1. The number of hydrogen-bond acceptors (Lipinski definition) is 2. The maximum Gasteiger partial charge on any atom is 0.237 e. The van der Waals surface area contributed by atoms with Gasteiger partial charge in [-0.15, -0.1) is 0 Å². The lowest BCUT2D eigenvalue weighted by Crippen LogP contribution is -2.39. The minimum Gasteiger partial charge on any atom is -0.355 e. The van der Waals surface area contributed by atoms with E-state index in [1.54, 1.807) is 0 Å². The minimum atomic E-state index is 0.206. The Hall–Kier alpha value is -0.570. The van der Waals surface area contributed by atoms with Gasteiger partial charge in [0, 0.05) is 13.1 Å². The Balaban J connectivity index is 2.09. The second kappa shape index (κ2) is 2.81. The largest absolute Gasteiger partial charge is 0.355 e. The summed E-state index contributed by atoms with van der Waals surface area (Å²) < 4.78 is 0. The van der Waals surface area contributed by atoms with Crippen molar-refractivity contribution in [2.45, 2.75) is 25.3 Å². The average molecular weight is 154 g/mol. The number of nitrogens with zero attached hydrogens (tertiary/aromatic N) is 1. The molecule has 2 fully saturated rings. The molecular formula is C8H14N2O. The summed E-state index contributed by atoms with van der Waals surface area (Å²) in [6.45, 7) is 3.09. The van der Waals surface area contributed by atoms with Crippen LogP contribution in [0.1, 0.15) is 19.3 Å². The standard InChI is InChI=1S/C8H14N2O/c11-8-7-3-1-5-10(7)6-2-4-9-8/h7H,1-6H2,(H,9,11). The Morgan fingerprint density at radius 1 is 1.36 bits per heavy atom. The van der Waals surface area contributed by atoms with Crippen LogP contribution in [-0.2, 0) is 4.79 Å². The number of amides is 1. The molecule has 1 unspecified atom stereocenters. The first-order valence-electron chi connectivity index (χ1n) is 4.40. The van der Waals surface area contributed by atoms with Gasteiger partial charge in [-0.05, 0) is 25.8 Å². The van der Waals surface area contributed by atoms with Gasteiger partial charge < -0.3 is 5.32 Å². The predicted octanol–water partition coefficient (Wildman–Crippen LogP) is -0.0293. The zero-order valence-corrected chi connectivity index (χ0v) is 6.68. The Morgan fingerprint density at radius 3 is 3.09 bits per heavy atom. The normalized spacial score (nSPS) is 32.7. The predicted molar refractivity (Wildman–Crippen MR) is 42.2 cm³/mol. The fourth-order valence-electron chi connectivity index (χ4n) is 2.00. The van der Waals surface area contributed by atoms with Crippen LogP contribution in [0, 0.1) is 0 Å². The molecule has 0 aromatic carbocycles. The first kappa shape index (κ1) is 7.10. The number of nitrogens with one attached hydrogen (secondary N) is 1. The van der Waals surface area contributed by atoms with E-state index < -0.39 is 0 Å². The van der Waals surface area contributed by atoms with Crippen molar-refractivity contribution >= 4 is 5.91 Å². The van der Waals surface area contributed by atoms with Crippen molar-refractivity contribution < 1.29 is 4.79 Å². The molecule has 2 heterocycles. The van der Waals surface area contributed by atoms with Crippen LogP contribution < -0.4 is 5.32 Å². The highest BCUT2D eigenvalue weighted by Crippen LogP contribution is 2.18. The van der Waals surface area contributed by atoms with Crippen molar-refractivity contribution in [3.05, 3.63) is 0 Å². The summed E-state index contributed by atoms with van der Waals surface area (Å²) in [6, 6.07) is 0.206. The molecule has 2 rings (SSSR count). The zero-order valence-electron chi connectivity index (χ0n) is 6.68. The van der Waals surface area contributed by atoms with E-state index in [9.17, 15) is 4.79 Å². The fourth-order valence-corrected chi connectivity index (χ4v) is 2.00. The molecular weight excluding hydrogens is 140 g/mol. The van der Waals surface area contributed by atoms with E-state index in [0.29, 0.717) is 0 Å². The summed E-state index contributed by atoms with van der Waals surface area (Å²) in [4.78, 5) is 13.7. The monoisotopic (exact) mass is 154 g/mol. The molecule has 0 spiro atoms. The first-order chi connectivity index (χ1) is 5.38. The van der Waals surface area contributed by atoms with Crippen molar-refractivity contribution in [3.63, 3.8) is 0 Å². The third kappa shape index (κ3) is 1.25. The Labute approximate surface area is 66.8 Å².